The van der Waals surface area contributed by atoms with Crippen LogP contribution in [-0.2, 0) is 70.4 Å². The Morgan fingerprint density at radius 1 is 0.533 bits per heavy atom. The van der Waals surface area contributed by atoms with Crippen molar-refractivity contribution in [3.63, 3.8) is 0 Å². The molecule has 4 rings (SSSR count). The van der Waals surface area contributed by atoms with Crippen molar-refractivity contribution in [3.05, 3.63) is 71.8 Å². The van der Waals surface area contributed by atoms with Crippen molar-refractivity contribution >= 4 is 88.6 Å². The molecular weight excluding hydrogens is 1180 g/mol. The first-order valence-electron chi connectivity index (χ1n) is 30.7. The molecule has 0 radical (unpaired) electrons. The molecule has 29 nitrogen and oxygen atoms in total. The number of hydrogen-bond donors (Lipinski definition) is 14. The van der Waals surface area contributed by atoms with E-state index in [1.54, 1.807) is 60.7 Å². The summed E-state index contributed by atoms with van der Waals surface area (Å²) in [6.07, 6.45) is 4.35. The Bertz CT molecular complexity index is 2760. The smallest absolute Gasteiger partial charge is 0.245 e. The maximum atomic E-state index is 14.6. The van der Waals surface area contributed by atoms with Crippen LogP contribution in [-0.4, -0.2) is 186 Å². The molecule has 0 unspecified atom stereocenters. The van der Waals surface area contributed by atoms with Gasteiger partial charge in [0.05, 0.1) is 6.04 Å². The van der Waals surface area contributed by atoms with Gasteiger partial charge in [0.15, 0.2) is 5.96 Å². The van der Waals surface area contributed by atoms with E-state index in [4.69, 9.17) is 40.1 Å². The van der Waals surface area contributed by atoms with Crippen molar-refractivity contribution in [2.24, 2.45) is 45.1 Å². The van der Waals surface area contributed by atoms with Gasteiger partial charge in [-0.1, -0.05) is 60.7 Å². The number of primary amides is 3. The normalized spacial score (nSPS) is 16.7. The average molecular weight is 1280 g/mol. The van der Waals surface area contributed by atoms with Crippen LogP contribution in [0.25, 0.3) is 0 Å². The first kappa shape index (κ1) is 74.1. The Balaban J connectivity index is 1.52. The third-order valence-electron chi connectivity index (χ3n) is 15.4. The summed E-state index contributed by atoms with van der Waals surface area (Å²) in [5.41, 5.74) is 40.7. The van der Waals surface area contributed by atoms with E-state index in [0.717, 1.165) is 0 Å². The summed E-state index contributed by atoms with van der Waals surface area (Å²) in [4.78, 5) is 170. The third-order valence-corrected chi connectivity index (χ3v) is 16.0. The van der Waals surface area contributed by atoms with Crippen LogP contribution in [0.4, 0.5) is 0 Å². The molecule has 30 heteroatoms. The van der Waals surface area contributed by atoms with Crippen molar-refractivity contribution in [1.29, 1.82) is 0 Å². The first-order valence-corrected chi connectivity index (χ1v) is 32.1. The molecule has 12 amide bonds. The zero-order valence-corrected chi connectivity index (χ0v) is 52.2. The molecule has 2 fully saturated rings. The van der Waals surface area contributed by atoms with Crippen molar-refractivity contribution in [3.8, 4) is 0 Å². The van der Waals surface area contributed by atoms with Crippen molar-refractivity contribution in [1.82, 2.24) is 47.0 Å². The van der Waals surface area contributed by atoms with Gasteiger partial charge < -0.3 is 87.2 Å². The average Bonchev–Trinajstić information content (AvgIpc) is 1.90. The van der Waals surface area contributed by atoms with Crippen LogP contribution >= 0.6 is 11.8 Å². The van der Waals surface area contributed by atoms with Crippen LogP contribution < -0.4 is 77.4 Å². The minimum absolute atomic E-state index is 0.0237. The van der Waals surface area contributed by atoms with E-state index in [1.165, 1.54) is 21.6 Å². The van der Waals surface area contributed by atoms with Gasteiger partial charge in [0.25, 0.3) is 0 Å². The van der Waals surface area contributed by atoms with E-state index < -0.39 is 139 Å². The number of thioether (sulfide) groups is 1. The monoisotopic (exact) mass is 1280 g/mol. The number of aliphatic imine (C=N–C) groups is 1. The molecular formula is C60H93N17O12S. The maximum absolute atomic E-state index is 14.6. The molecule has 2 aromatic carbocycles. The highest BCUT2D eigenvalue weighted by molar-refractivity contribution is 7.98. The summed E-state index contributed by atoms with van der Waals surface area (Å²) in [6, 6.07) is 6.70. The topological polar surface area (TPSA) is 490 Å². The molecule has 2 aliphatic rings. The quantitative estimate of drug-likeness (QED) is 0.0178. The standard InChI is InChI=1S/C60H93N17O12S/c1-90-34-28-40(51(65)81)70-50(80)23-9-11-30-68-52(82)44(35-37-15-4-2-5-16-37)74-55(85)45(36-38-17-6-3-7-18-38)75-54(84)41(24-26-48(63)78)71-53(83)42(25-27-49(64)79)72-56(86)47-22-14-33-77(47)59(89)43(20-8-10-29-61)73-57(87)46-21-13-32-76(46)58(88)39(62)19-12-31-69-60(66)67/h2-7,15-18,39-47H,8-14,19-36,61-62H2,1H3,(H2,63,78)(H2,64,79)(H2,65,81)(H,68,82)(H,70,80)(H,71,83)(H,72,86)(H,73,87)(H,74,85)(H,75,84)(H4,66,67,69)/t39-,40-,41-,42-,43-,44-,45-,46-,47-/m0/s1. The third kappa shape index (κ3) is 26.0. The second kappa shape index (κ2) is 39.6. The van der Waals surface area contributed by atoms with E-state index in [-0.39, 0.29) is 83.0 Å². The lowest BCUT2D eigenvalue weighted by atomic mass is 10.0. The zero-order chi connectivity index (χ0) is 66.1. The maximum Gasteiger partial charge on any atom is 0.245 e. The Kier molecular flexibility index (Phi) is 32.6. The minimum Gasteiger partial charge on any atom is -0.370 e. The predicted octanol–water partition coefficient (Wildman–Crippen LogP) is -3.07. The Morgan fingerprint density at radius 2 is 1.03 bits per heavy atom. The summed E-state index contributed by atoms with van der Waals surface area (Å²) in [5, 5.41) is 19.0. The molecule has 9 atom stereocenters. The molecule has 0 aliphatic carbocycles. The summed E-state index contributed by atoms with van der Waals surface area (Å²) in [7, 11) is 0. The van der Waals surface area contributed by atoms with E-state index in [9.17, 15) is 57.5 Å². The molecule has 0 spiro atoms. The lowest BCUT2D eigenvalue weighted by Gasteiger charge is -2.32. The molecule has 0 bridgehead atoms. The van der Waals surface area contributed by atoms with Crippen LogP contribution in [0.3, 0.4) is 0 Å². The molecule has 2 aromatic rings. The zero-order valence-electron chi connectivity index (χ0n) is 51.3. The number of benzene rings is 2. The highest BCUT2D eigenvalue weighted by atomic mass is 32.2. The van der Waals surface area contributed by atoms with E-state index >= 15 is 0 Å². The first-order chi connectivity index (χ1) is 43.0. The van der Waals surface area contributed by atoms with Gasteiger partial charge in [-0.2, -0.15) is 11.8 Å². The van der Waals surface area contributed by atoms with Gasteiger partial charge in [-0.25, -0.2) is 0 Å². The van der Waals surface area contributed by atoms with Gasteiger partial charge in [0.2, 0.25) is 70.9 Å². The number of nitrogens with zero attached hydrogens (tertiary/aromatic N) is 3. The number of nitrogens with one attached hydrogen (secondary N) is 7. The lowest BCUT2D eigenvalue weighted by molar-refractivity contribution is -0.144. The molecule has 90 heavy (non-hydrogen) atoms. The predicted molar refractivity (Wildman–Crippen MR) is 338 cm³/mol. The van der Waals surface area contributed by atoms with Gasteiger partial charge in [0, 0.05) is 58.3 Å². The highest BCUT2D eigenvalue weighted by Crippen LogP contribution is 2.23. The van der Waals surface area contributed by atoms with Crippen LogP contribution in [0, 0.1) is 0 Å². The number of hydrogen-bond acceptors (Lipinski definition) is 16. The van der Waals surface area contributed by atoms with Gasteiger partial charge in [-0.05, 0) is 120 Å². The molecule has 2 aliphatic heterocycles. The number of unbranched alkanes of at least 4 members (excludes halogenated alkanes) is 2. The second-order valence-corrected chi connectivity index (χ2v) is 23.5. The van der Waals surface area contributed by atoms with E-state index in [2.05, 4.69) is 42.2 Å². The number of guanidine groups is 1. The molecule has 21 N–H and O–H groups in total. The summed E-state index contributed by atoms with van der Waals surface area (Å²) in [6.45, 7) is 1.03. The molecule has 0 saturated carbocycles. The van der Waals surface area contributed by atoms with Gasteiger partial charge >= 0.3 is 0 Å². The lowest BCUT2D eigenvalue weighted by Crippen LogP contribution is -2.60. The number of nitrogens with two attached hydrogens (primary N) is 7. The van der Waals surface area contributed by atoms with Gasteiger partial charge in [0.1, 0.15) is 48.3 Å². The number of likely N-dealkylation sites (tertiary alicyclic amines) is 2. The van der Waals surface area contributed by atoms with Gasteiger partial charge in [-0.3, -0.25) is 62.5 Å². The minimum atomic E-state index is -1.59. The second-order valence-electron chi connectivity index (χ2n) is 22.5. The Labute approximate surface area is 529 Å². The van der Waals surface area contributed by atoms with Crippen LogP contribution in [0.2, 0.25) is 0 Å². The summed E-state index contributed by atoms with van der Waals surface area (Å²) >= 11 is 1.51. The Hall–Kier alpha value is -8.38. The summed E-state index contributed by atoms with van der Waals surface area (Å²) in [5.74, 6) is -7.89. The fraction of sp³-hybridized carbons (Fsp3) is 0.583. The van der Waals surface area contributed by atoms with Crippen LogP contribution in [0.1, 0.15) is 120 Å². The van der Waals surface area contributed by atoms with E-state index in [1.807, 2.05) is 6.26 Å². The number of amides is 12. The molecule has 496 valence electrons. The number of rotatable bonds is 41. The Morgan fingerprint density at radius 3 is 1.54 bits per heavy atom. The largest absolute Gasteiger partial charge is 0.370 e. The molecule has 2 heterocycles. The molecule has 0 aromatic heterocycles. The van der Waals surface area contributed by atoms with Crippen molar-refractivity contribution < 1.29 is 57.5 Å². The van der Waals surface area contributed by atoms with Gasteiger partial charge in [-0.15, -0.1) is 0 Å². The number of carbonyl (C=O) groups excluding carboxylic acids is 12. The fourth-order valence-corrected chi connectivity index (χ4v) is 11.0. The van der Waals surface area contributed by atoms with Crippen LogP contribution in [0.15, 0.2) is 65.7 Å². The van der Waals surface area contributed by atoms with Crippen molar-refractivity contribution in [2.45, 2.75) is 176 Å². The SMILES string of the molecule is CSCC[C@H](NC(=O)CCCCNC(=O)[C@H](Cc1ccccc1)NC(=O)[C@H](Cc1ccccc1)NC(=O)[C@H](CCC(N)=O)NC(=O)[C@H](CCC(N)=O)NC(=O)[C@@H]1CCCN1C(=O)[C@H](CCCCN)NC(=O)[C@@H]1CCCN1C(=O)[C@@H](N)CCCN=C(N)N)C(N)=O. The highest BCUT2D eigenvalue weighted by Gasteiger charge is 2.42. The fourth-order valence-electron chi connectivity index (χ4n) is 10.5. The summed E-state index contributed by atoms with van der Waals surface area (Å²) < 4.78 is 0. The van der Waals surface area contributed by atoms with Crippen LogP contribution in [0.5, 0.6) is 0 Å². The van der Waals surface area contributed by atoms with Crippen molar-refractivity contribution in [2.75, 3.05) is 44.7 Å². The van der Waals surface area contributed by atoms with E-state index in [0.29, 0.717) is 81.2 Å². The molecule has 2 saturated heterocycles. The number of carbonyl (C=O) groups is 12.